The van der Waals surface area contributed by atoms with Gasteiger partial charge in [0.15, 0.2) is 0 Å². The Morgan fingerprint density at radius 1 is 1.24 bits per heavy atom. The molecule has 0 radical (unpaired) electrons. The molecule has 0 aliphatic heterocycles. The molecule has 0 saturated carbocycles. The number of pyridine rings is 1. The number of phenols is 1. The minimum atomic E-state index is 0.171. The van der Waals surface area contributed by atoms with Gasteiger partial charge in [-0.15, -0.1) is 6.58 Å². The minimum Gasteiger partial charge on any atom is -0.508 e. The van der Waals surface area contributed by atoms with Crippen LogP contribution in [0.4, 0.5) is 11.4 Å². The van der Waals surface area contributed by atoms with E-state index in [1.807, 2.05) is 49.4 Å². The Labute approximate surface area is 152 Å². The predicted molar refractivity (Wildman–Crippen MR) is 105 cm³/mol. The van der Waals surface area contributed by atoms with Crippen molar-refractivity contribution in [2.45, 2.75) is 19.5 Å². The lowest BCUT2D eigenvalue weighted by molar-refractivity contribution is 0.463. The number of benzene rings is 2. The summed E-state index contributed by atoms with van der Waals surface area (Å²) in [5, 5.41) is 18.4. The molecule has 1 heterocycles. The Hall–Kier alpha value is -2.56. The van der Waals surface area contributed by atoms with Crippen LogP contribution in [-0.2, 0) is 6.54 Å². The number of rotatable bonds is 6. The van der Waals surface area contributed by atoms with Gasteiger partial charge in [0, 0.05) is 46.1 Å². The van der Waals surface area contributed by atoms with Gasteiger partial charge in [-0.3, -0.25) is 4.98 Å². The Balaban J connectivity index is 1.87. The molecule has 0 bridgehead atoms. The van der Waals surface area contributed by atoms with E-state index in [2.05, 4.69) is 22.2 Å². The van der Waals surface area contributed by atoms with Crippen LogP contribution in [0, 0.1) is 0 Å². The van der Waals surface area contributed by atoms with Gasteiger partial charge in [-0.25, -0.2) is 0 Å². The highest BCUT2D eigenvalue weighted by atomic mass is 35.5. The molecule has 1 aromatic heterocycles. The van der Waals surface area contributed by atoms with Gasteiger partial charge in [-0.05, 0) is 49.4 Å². The molecule has 3 N–H and O–H groups in total. The van der Waals surface area contributed by atoms with E-state index < -0.39 is 0 Å². The number of nitrogens with zero attached hydrogens (tertiary/aromatic N) is 1. The first-order valence-corrected chi connectivity index (χ1v) is 8.44. The van der Waals surface area contributed by atoms with Crippen LogP contribution in [0.1, 0.15) is 12.5 Å². The summed E-state index contributed by atoms with van der Waals surface area (Å²) in [5.41, 5.74) is 3.48. The van der Waals surface area contributed by atoms with E-state index in [1.165, 1.54) is 0 Å². The van der Waals surface area contributed by atoms with Crippen LogP contribution in [0.3, 0.4) is 0 Å². The third-order valence-electron chi connectivity index (χ3n) is 4.03. The molecule has 0 saturated heterocycles. The van der Waals surface area contributed by atoms with Gasteiger partial charge in [0.25, 0.3) is 0 Å². The average Bonchev–Trinajstić information content (AvgIpc) is 2.61. The van der Waals surface area contributed by atoms with Crippen molar-refractivity contribution in [2.24, 2.45) is 0 Å². The second-order valence-corrected chi connectivity index (χ2v) is 6.33. The van der Waals surface area contributed by atoms with E-state index in [0.29, 0.717) is 11.6 Å². The smallest absolute Gasteiger partial charge is 0.120 e. The summed E-state index contributed by atoms with van der Waals surface area (Å²) < 4.78 is 0. The lowest BCUT2D eigenvalue weighted by Crippen LogP contribution is -2.22. The molecule has 4 nitrogen and oxygen atoms in total. The van der Waals surface area contributed by atoms with Crippen molar-refractivity contribution < 1.29 is 5.11 Å². The highest BCUT2D eigenvalue weighted by Gasteiger charge is 2.07. The van der Waals surface area contributed by atoms with Gasteiger partial charge in [-0.1, -0.05) is 17.7 Å². The average molecular weight is 354 g/mol. The van der Waals surface area contributed by atoms with Gasteiger partial charge in [0.05, 0.1) is 5.52 Å². The summed E-state index contributed by atoms with van der Waals surface area (Å²) in [5.74, 6) is 0.265. The predicted octanol–water partition coefficient (Wildman–Crippen LogP) is 5.00. The van der Waals surface area contributed by atoms with Crippen molar-refractivity contribution in [3.63, 3.8) is 0 Å². The summed E-state index contributed by atoms with van der Waals surface area (Å²) in [6.45, 7) is 6.32. The number of anilines is 2. The Morgan fingerprint density at radius 2 is 2.08 bits per heavy atom. The fourth-order valence-electron chi connectivity index (χ4n) is 2.54. The fourth-order valence-corrected chi connectivity index (χ4v) is 2.71. The summed E-state index contributed by atoms with van der Waals surface area (Å²) in [6.07, 6.45) is 3.57. The van der Waals surface area contributed by atoms with Crippen molar-refractivity contribution in [3.05, 3.63) is 71.9 Å². The number of fused-ring (bicyclic) bond motifs is 1. The molecule has 1 atom stereocenters. The number of nitrogens with one attached hydrogen (secondary N) is 2. The van der Waals surface area contributed by atoms with Gasteiger partial charge in [0.2, 0.25) is 0 Å². The quantitative estimate of drug-likeness (QED) is 0.431. The first-order chi connectivity index (χ1) is 12.1. The van der Waals surface area contributed by atoms with Gasteiger partial charge < -0.3 is 15.7 Å². The van der Waals surface area contributed by atoms with Crippen molar-refractivity contribution in [1.82, 2.24) is 10.3 Å². The molecule has 128 valence electrons. The molecule has 3 rings (SSSR count). The maximum absolute atomic E-state index is 10.1. The van der Waals surface area contributed by atoms with Crippen LogP contribution in [-0.4, -0.2) is 16.1 Å². The molecule has 0 aliphatic rings. The van der Waals surface area contributed by atoms with Crippen LogP contribution in [0.25, 0.3) is 10.9 Å². The number of aromatic hydroxyl groups is 1. The van der Waals surface area contributed by atoms with Crippen molar-refractivity contribution in [3.8, 4) is 5.75 Å². The third-order valence-corrected chi connectivity index (χ3v) is 4.27. The number of aromatic nitrogens is 1. The summed E-state index contributed by atoms with van der Waals surface area (Å²) in [7, 11) is 0. The van der Waals surface area contributed by atoms with Crippen molar-refractivity contribution in [1.29, 1.82) is 0 Å². The van der Waals surface area contributed by atoms with E-state index in [4.69, 9.17) is 11.6 Å². The highest BCUT2D eigenvalue weighted by Crippen LogP contribution is 2.29. The third kappa shape index (κ3) is 4.10. The topological polar surface area (TPSA) is 57.2 Å². The molecule has 2 aromatic carbocycles. The number of hydrogen-bond donors (Lipinski definition) is 3. The number of hydrogen-bond acceptors (Lipinski definition) is 4. The van der Waals surface area contributed by atoms with Gasteiger partial charge >= 0.3 is 0 Å². The normalized spacial score (nSPS) is 12.1. The Morgan fingerprint density at radius 3 is 2.88 bits per heavy atom. The van der Waals surface area contributed by atoms with Crippen LogP contribution < -0.4 is 10.6 Å². The van der Waals surface area contributed by atoms with Crippen molar-refractivity contribution in [2.75, 3.05) is 5.32 Å². The SMILES string of the molecule is C=C[C@H](C)NCc1cc(Nc2ccnc3cc(Cl)ccc23)ccc1O. The van der Waals surface area contributed by atoms with Crippen LogP contribution >= 0.6 is 11.6 Å². The Kier molecular flexibility index (Phi) is 5.22. The standard InChI is InChI=1S/C20H20ClN3O/c1-3-13(2)23-12-14-10-16(5-7-20(14)25)24-18-8-9-22-19-11-15(21)4-6-17(18)19/h3-11,13,23,25H,1,12H2,2H3,(H,22,24)/t13-/m0/s1. The molecule has 0 aliphatic carbocycles. The molecule has 3 aromatic rings. The summed E-state index contributed by atoms with van der Waals surface area (Å²) in [6, 6.07) is 13.2. The second-order valence-electron chi connectivity index (χ2n) is 5.89. The van der Waals surface area contributed by atoms with E-state index in [0.717, 1.165) is 27.8 Å². The fraction of sp³-hybridized carbons (Fsp3) is 0.150. The zero-order chi connectivity index (χ0) is 17.8. The lowest BCUT2D eigenvalue weighted by atomic mass is 10.1. The summed E-state index contributed by atoms with van der Waals surface area (Å²) in [4.78, 5) is 4.35. The molecule has 0 fully saturated rings. The number of halogens is 1. The van der Waals surface area contributed by atoms with E-state index in [1.54, 1.807) is 12.3 Å². The van der Waals surface area contributed by atoms with Crippen LogP contribution in [0.5, 0.6) is 5.75 Å². The maximum atomic E-state index is 10.1. The van der Waals surface area contributed by atoms with Crippen molar-refractivity contribution >= 4 is 33.9 Å². The molecule has 5 heteroatoms. The second kappa shape index (κ2) is 7.55. The van der Waals surface area contributed by atoms with E-state index >= 15 is 0 Å². The molecule has 25 heavy (non-hydrogen) atoms. The maximum Gasteiger partial charge on any atom is 0.120 e. The number of phenolic OH excluding ortho intramolecular Hbond substituents is 1. The zero-order valence-corrected chi connectivity index (χ0v) is 14.7. The highest BCUT2D eigenvalue weighted by molar-refractivity contribution is 6.31. The largest absolute Gasteiger partial charge is 0.508 e. The van der Waals surface area contributed by atoms with Crippen LogP contribution in [0.15, 0.2) is 61.3 Å². The van der Waals surface area contributed by atoms with E-state index in [9.17, 15) is 5.11 Å². The molecule has 0 unspecified atom stereocenters. The molecular weight excluding hydrogens is 334 g/mol. The first kappa shape index (κ1) is 17.3. The Bertz CT molecular complexity index is 911. The monoisotopic (exact) mass is 353 g/mol. The molecule has 0 amide bonds. The zero-order valence-electron chi connectivity index (χ0n) is 14.0. The molecular formula is C20H20ClN3O. The van der Waals surface area contributed by atoms with Gasteiger partial charge in [0.1, 0.15) is 5.75 Å². The first-order valence-electron chi connectivity index (χ1n) is 8.06. The van der Waals surface area contributed by atoms with Crippen LogP contribution in [0.2, 0.25) is 5.02 Å². The lowest BCUT2D eigenvalue weighted by Gasteiger charge is -2.14. The molecule has 0 spiro atoms. The summed E-state index contributed by atoms with van der Waals surface area (Å²) >= 11 is 6.04. The van der Waals surface area contributed by atoms with E-state index in [-0.39, 0.29) is 11.8 Å². The minimum absolute atomic E-state index is 0.171. The van der Waals surface area contributed by atoms with Gasteiger partial charge in [-0.2, -0.15) is 0 Å².